The molecular weight excluding hydrogens is 266 g/mol. The maximum absolute atomic E-state index is 11.7. The van der Waals surface area contributed by atoms with Crippen LogP contribution in [0.25, 0.3) is 0 Å². The van der Waals surface area contributed by atoms with E-state index in [1.54, 1.807) is 0 Å². The number of carbonyl (C=O) groups is 2. The minimum absolute atomic E-state index is 0.0738. The third-order valence-electron chi connectivity index (χ3n) is 3.80. The van der Waals surface area contributed by atoms with E-state index in [-0.39, 0.29) is 24.8 Å². The van der Waals surface area contributed by atoms with Crippen molar-refractivity contribution in [3.05, 3.63) is 35.9 Å². The van der Waals surface area contributed by atoms with Crippen LogP contribution in [0, 0.1) is 0 Å². The highest BCUT2D eigenvalue weighted by Crippen LogP contribution is 2.14. The fraction of sp³-hybridized carbons (Fsp3) is 0.500. The number of piperidine rings is 1. The molecule has 2 amide bonds. The molecule has 1 saturated heterocycles. The molecule has 0 spiro atoms. The van der Waals surface area contributed by atoms with Crippen molar-refractivity contribution < 1.29 is 9.59 Å². The molecule has 2 rings (SSSR count). The van der Waals surface area contributed by atoms with Gasteiger partial charge in [-0.1, -0.05) is 30.3 Å². The quantitative estimate of drug-likeness (QED) is 0.821. The van der Waals surface area contributed by atoms with Crippen molar-refractivity contribution in [3.63, 3.8) is 0 Å². The number of nitrogens with zero attached hydrogens (tertiary/aromatic N) is 1. The second-order valence-corrected chi connectivity index (χ2v) is 5.57. The maximum Gasteiger partial charge on any atom is 0.220 e. The first kappa shape index (κ1) is 15.5. The largest absolute Gasteiger partial charge is 0.370 e. The summed E-state index contributed by atoms with van der Waals surface area (Å²) in [5.41, 5.74) is 6.36. The van der Waals surface area contributed by atoms with Gasteiger partial charge in [-0.25, -0.2) is 0 Å². The summed E-state index contributed by atoms with van der Waals surface area (Å²) in [6, 6.07) is 10.6. The summed E-state index contributed by atoms with van der Waals surface area (Å²) < 4.78 is 0. The molecule has 1 aromatic carbocycles. The van der Waals surface area contributed by atoms with E-state index >= 15 is 0 Å². The van der Waals surface area contributed by atoms with Crippen LogP contribution in [-0.2, 0) is 16.1 Å². The molecule has 21 heavy (non-hydrogen) atoms. The zero-order valence-corrected chi connectivity index (χ0v) is 12.3. The molecular formula is C16H23N3O2. The van der Waals surface area contributed by atoms with E-state index in [9.17, 15) is 9.59 Å². The minimum Gasteiger partial charge on any atom is -0.370 e. The Morgan fingerprint density at radius 2 is 1.81 bits per heavy atom. The Morgan fingerprint density at radius 3 is 2.43 bits per heavy atom. The molecule has 0 aromatic heterocycles. The lowest BCUT2D eigenvalue weighted by atomic mass is 10.0. The van der Waals surface area contributed by atoms with Crippen LogP contribution in [0.5, 0.6) is 0 Å². The van der Waals surface area contributed by atoms with Crippen molar-refractivity contribution in [1.29, 1.82) is 0 Å². The van der Waals surface area contributed by atoms with Crippen LogP contribution < -0.4 is 11.1 Å². The van der Waals surface area contributed by atoms with Gasteiger partial charge in [0.2, 0.25) is 11.8 Å². The molecule has 1 aliphatic rings. The van der Waals surface area contributed by atoms with Crippen LogP contribution >= 0.6 is 0 Å². The molecule has 0 atom stereocenters. The smallest absolute Gasteiger partial charge is 0.220 e. The predicted molar refractivity (Wildman–Crippen MR) is 81.3 cm³/mol. The number of hydrogen-bond acceptors (Lipinski definition) is 3. The molecule has 1 fully saturated rings. The van der Waals surface area contributed by atoms with Crippen molar-refractivity contribution in [2.45, 2.75) is 38.3 Å². The summed E-state index contributed by atoms with van der Waals surface area (Å²) in [6.07, 6.45) is 2.22. The fourth-order valence-corrected chi connectivity index (χ4v) is 2.61. The monoisotopic (exact) mass is 289 g/mol. The van der Waals surface area contributed by atoms with Crippen LogP contribution in [0.15, 0.2) is 30.3 Å². The zero-order valence-electron chi connectivity index (χ0n) is 12.3. The molecule has 5 nitrogen and oxygen atoms in total. The van der Waals surface area contributed by atoms with Gasteiger partial charge in [0, 0.05) is 38.5 Å². The number of rotatable bonds is 6. The summed E-state index contributed by atoms with van der Waals surface area (Å²) in [5.74, 6) is -0.502. The second kappa shape index (κ2) is 7.78. The van der Waals surface area contributed by atoms with E-state index in [1.807, 2.05) is 6.07 Å². The standard InChI is InChI=1S/C16H23N3O2/c17-15(20)6-7-16(21)18-14-8-10-19(11-9-14)12-13-4-2-1-3-5-13/h1-5,14H,6-12H2,(H2,17,20)(H,18,21). The molecule has 1 heterocycles. The third-order valence-corrected chi connectivity index (χ3v) is 3.80. The van der Waals surface area contributed by atoms with E-state index in [2.05, 4.69) is 34.5 Å². The minimum atomic E-state index is -0.428. The molecule has 0 saturated carbocycles. The second-order valence-electron chi connectivity index (χ2n) is 5.57. The van der Waals surface area contributed by atoms with Crippen LogP contribution in [0.4, 0.5) is 0 Å². The summed E-state index contributed by atoms with van der Waals surface area (Å²) in [5, 5.41) is 2.99. The summed E-state index contributed by atoms with van der Waals surface area (Å²) in [4.78, 5) is 24.7. The van der Waals surface area contributed by atoms with Gasteiger partial charge in [-0.3, -0.25) is 14.5 Å². The molecule has 114 valence electrons. The zero-order chi connectivity index (χ0) is 15.1. The van der Waals surface area contributed by atoms with Gasteiger partial charge in [-0.2, -0.15) is 0 Å². The Kier molecular flexibility index (Phi) is 5.75. The van der Waals surface area contributed by atoms with Crippen LogP contribution in [0.3, 0.4) is 0 Å². The van der Waals surface area contributed by atoms with E-state index in [1.165, 1.54) is 5.56 Å². The highest BCUT2D eigenvalue weighted by Gasteiger charge is 2.20. The Morgan fingerprint density at radius 1 is 1.14 bits per heavy atom. The molecule has 0 aliphatic carbocycles. The first-order valence-corrected chi connectivity index (χ1v) is 7.47. The van der Waals surface area contributed by atoms with Gasteiger partial charge in [0.15, 0.2) is 0 Å². The average Bonchev–Trinajstić information content (AvgIpc) is 2.48. The molecule has 0 radical (unpaired) electrons. The molecule has 1 aliphatic heterocycles. The number of primary amides is 1. The average molecular weight is 289 g/mol. The van der Waals surface area contributed by atoms with Crippen molar-refractivity contribution in [2.75, 3.05) is 13.1 Å². The van der Waals surface area contributed by atoms with Crippen LogP contribution in [0.1, 0.15) is 31.2 Å². The fourth-order valence-electron chi connectivity index (χ4n) is 2.61. The number of benzene rings is 1. The summed E-state index contributed by atoms with van der Waals surface area (Å²) in [7, 11) is 0. The Balaban J connectivity index is 1.68. The molecule has 0 unspecified atom stereocenters. The lowest BCUT2D eigenvalue weighted by Crippen LogP contribution is -2.44. The van der Waals surface area contributed by atoms with Crippen LogP contribution in [-0.4, -0.2) is 35.8 Å². The van der Waals surface area contributed by atoms with Gasteiger partial charge >= 0.3 is 0 Å². The predicted octanol–water partition coefficient (Wildman–Crippen LogP) is 1.03. The first-order chi connectivity index (χ1) is 10.1. The maximum atomic E-state index is 11.7. The van der Waals surface area contributed by atoms with Gasteiger partial charge in [-0.15, -0.1) is 0 Å². The van der Waals surface area contributed by atoms with Crippen molar-refractivity contribution in [2.24, 2.45) is 5.73 Å². The van der Waals surface area contributed by atoms with Crippen LogP contribution in [0.2, 0.25) is 0 Å². The lowest BCUT2D eigenvalue weighted by Gasteiger charge is -2.32. The highest BCUT2D eigenvalue weighted by molar-refractivity contribution is 5.82. The number of nitrogens with one attached hydrogen (secondary N) is 1. The number of nitrogens with two attached hydrogens (primary N) is 1. The Hall–Kier alpha value is -1.88. The number of carbonyl (C=O) groups excluding carboxylic acids is 2. The lowest BCUT2D eigenvalue weighted by molar-refractivity contribution is -0.125. The molecule has 5 heteroatoms. The van der Waals surface area contributed by atoms with Gasteiger partial charge in [0.25, 0.3) is 0 Å². The highest BCUT2D eigenvalue weighted by atomic mass is 16.2. The normalized spacial score (nSPS) is 16.6. The van der Waals surface area contributed by atoms with Crippen molar-refractivity contribution in [3.8, 4) is 0 Å². The molecule has 3 N–H and O–H groups in total. The number of likely N-dealkylation sites (tertiary alicyclic amines) is 1. The van der Waals surface area contributed by atoms with Gasteiger partial charge < -0.3 is 11.1 Å². The van der Waals surface area contributed by atoms with E-state index in [0.717, 1.165) is 32.5 Å². The number of amides is 2. The number of hydrogen-bond donors (Lipinski definition) is 2. The molecule has 1 aromatic rings. The van der Waals surface area contributed by atoms with E-state index < -0.39 is 5.91 Å². The topological polar surface area (TPSA) is 75.4 Å². The molecule has 0 bridgehead atoms. The Bertz CT molecular complexity index is 468. The van der Waals surface area contributed by atoms with Gasteiger partial charge in [-0.05, 0) is 18.4 Å². The third kappa shape index (κ3) is 5.55. The summed E-state index contributed by atoms with van der Waals surface area (Å²) in [6.45, 7) is 2.93. The van der Waals surface area contributed by atoms with Gasteiger partial charge in [0.1, 0.15) is 0 Å². The van der Waals surface area contributed by atoms with Gasteiger partial charge in [0.05, 0.1) is 0 Å². The van der Waals surface area contributed by atoms with E-state index in [4.69, 9.17) is 5.73 Å². The van der Waals surface area contributed by atoms with E-state index in [0.29, 0.717) is 0 Å². The van der Waals surface area contributed by atoms with Crippen molar-refractivity contribution >= 4 is 11.8 Å². The Labute approximate surface area is 125 Å². The SMILES string of the molecule is NC(=O)CCC(=O)NC1CCN(Cc2ccccc2)CC1. The first-order valence-electron chi connectivity index (χ1n) is 7.47. The van der Waals surface area contributed by atoms with Crippen molar-refractivity contribution in [1.82, 2.24) is 10.2 Å². The summed E-state index contributed by atoms with van der Waals surface area (Å²) >= 11 is 0.